The summed E-state index contributed by atoms with van der Waals surface area (Å²) in [4.78, 5) is 25.8. The standard InChI is InChI=1S/C24H41NO4/c1-7-21(5,6)19(26)28-24-14-17-11-18(15-24)13-22(12-17,16-24)25-20(27)29-23(8-2,9-3)10-4/h17-18H,7-16H2,1-6H3,(H,25,27). The summed E-state index contributed by atoms with van der Waals surface area (Å²) in [5, 5.41) is 3.28. The van der Waals surface area contributed by atoms with Crippen LogP contribution in [0, 0.1) is 17.3 Å². The monoisotopic (exact) mass is 407 g/mol. The van der Waals surface area contributed by atoms with Gasteiger partial charge in [0.2, 0.25) is 0 Å². The van der Waals surface area contributed by atoms with Crippen molar-refractivity contribution < 1.29 is 19.1 Å². The fourth-order valence-electron chi connectivity index (χ4n) is 6.33. The molecule has 166 valence electrons. The highest BCUT2D eigenvalue weighted by molar-refractivity contribution is 5.76. The van der Waals surface area contributed by atoms with E-state index in [2.05, 4.69) is 26.1 Å². The lowest BCUT2D eigenvalue weighted by Crippen LogP contribution is -2.67. The molecule has 5 nitrogen and oxygen atoms in total. The summed E-state index contributed by atoms with van der Waals surface area (Å²) in [6, 6.07) is 0. The predicted octanol–water partition coefficient (Wildman–Crippen LogP) is 5.75. The number of hydrogen-bond acceptors (Lipinski definition) is 4. The van der Waals surface area contributed by atoms with E-state index in [-0.39, 0.29) is 23.2 Å². The van der Waals surface area contributed by atoms with Gasteiger partial charge in [-0.05, 0) is 83.5 Å². The molecule has 0 aromatic carbocycles. The number of carbonyl (C=O) groups is 2. The summed E-state index contributed by atoms with van der Waals surface area (Å²) in [5.74, 6) is 0.936. The Morgan fingerprint density at radius 3 is 1.97 bits per heavy atom. The van der Waals surface area contributed by atoms with E-state index < -0.39 is 11.0 Å². The largest absolute Gasteiger partial charge is 0.459 e. The first-order valence-corrected chi connectivity index (χ1v) is 11.8. The molecule has 0 spiro atoms. The van der Waals surface area contributed by atoms with Gasteiger partial charge >= 0.3 is 12.1 Å². The van der Waals surface area contributed by atoms with Crippen molar-refractivity contribution in [2.75, 3.05) is 0 Å². The molecule has 2 unspecified atom stereocenters. The van der Waals surface area contributed by atoms with E-state index in [4.69, 9.17) is 9.47 Å². The Balaban J connectivity index is 1.75. The Kier molecular flexibility index (Phi) is 6.01. The third-order valence-electron chi connectivity index (χ3n) is 8.36. The van der Waals surface area contributed by atoms with Gasteiger partial charge in [0, 0.05) is 12.0 Å². The Hall–Kier alpha value is -1.26. The molecular weight excluding hydrogens is 366 g/mol. The normalized spacial score (nSPS) is 33.4. The molecule has 0 aromatic rings. The van der Waals surface area contributed by atoms with Crippen LogP contribution in [0.15, 0.2) is 0 Å². The van der Waals surface area contributed by atoms with E-state index >= 15 is 0 Å². The number of rotatable bonds is 8. The molecule has 2 atom stereocenters. The van der Waals surface area contributed by atoms with Crippen LogP contribution in [0.3, 0.4) is 0 Å². The maximum atomic E-state index is 12.9. The fraction of sp³-hybridized carbons (Fsp3) is 0.917. The van der Waals surface area contributed by atoms with Crippen LogP contribution in [0.25, 0.3) is 0 Å². The third kappa shape index (κ3) is 4.29. The highest BCUT2D eigenvalue weighted by Crippen LogP contribution is 2.59. The molecule has 29 heavy (non-hydrogen) atoms. The highest BCUT2D eigenvalue weighted by atomic mass is 16.6. The molecule has 4 fully saturated rings. The number of alkyl carbamates (subject to hydrolysis) is 1. The zero-order valence-electron chi connectivity index (χ0n) is 19.4. The van der Waals surface area contributed by atoms with Crippen LogP contribution < -0.4 is 5.32 Å². The predicted molar refractivity (Wildman–Crippen MR) is 114 cm³/mol. The summed E-state index contributed by atoms with van der Waals surface area (Å²) in [6.07, 6.45) is 8.68. The second kappa shape index (κ2) is 7.77. The molecule has 1 N–H and O–H groups in total. The van der Waals surface area contributed by atoms with E-state index in [0.717, 1.165) is 57.8 Å². The highest BCUT2D eigenvalue weighted by Gasteiger charge is 2.61. The molecule has 4 bridgehead atoms. The average molecular weight is 408 g/mol. The van der Waals surface area contributed by atoms with E-state index in [1.54, 1.807) is 0 Å². The summed E-state index contributed by atoms with van der Waals surface area (Å²) >= 11 is 0. The minimum Gasteiger partial charge on any atom is -0.459 e. The van der Waals surface area contributed by atoms with Crippen molar-refractivity contribution in [1.29, 1.82) is 0 Å². The van der Waals surface area contributed by atoms with Crippen molar-refractivity contribution in [2.45, 2.75) is 122 Å². The quantitative estimate of drug-likeness (QED) is 0.520. The first-order valence-electron chi connectivity index (χ1n) is 11.8. The second-order valence-electron chi connectivity index (χ2n) is 10.8. The van der Waals surface area contributed by atoms with Crippen LogP contribution in [-0.4, -0.2) is 28.8 Å². The molecule has 0 saturated heterocycles. The van der Waals surface area contributed by atoms with Crippen LogP contribution in [0.5, 0.6) is 0 Å². The van der Waals surface area contributed by atoms with Crippen LogP contribution in [0.2, 0.25) is 0 Å². The molecule has 4 aliphatic rings. The Morgan fingerprint density at radius 2 is 1.48 bits per heavy atom. The van der Waals surface area contributed by atoms with Crippen molar-refractivity contribution in [3.05, 3.63) is 0 Å². The van der Waals surface area contributed by atoms with Crippen LogP contribution in [0.1, 0.15) is 106 Å². The van der Waals surface area contributed by atoms with Gasteiger partial charge < -0.3 is 14.8 Å². The lowest BCUT2D eigenvalue weighted by molar-refractivity contribution is -0.200. The number of ether oxygens (including phenoxy) is 2. The maximum Gasteiger partial charge on any atom is 0.408 e. The van der Waals surface area contributed by atoms with Gasteiger partial charge in [0.1, 0.15) is 11.2 Å². The second-order valence-corrected chi connectivity index (χ2v) is 10.8. The lowest BCUT2D eigenvalue weighted by Gasteiger charge is -2.61. The Labute approximate surface area is 176 Å². The van der Waals surface area contributed by atoms with E-state index in [0.29, 0.717) is 11.8 Å². The number of carbonyl (C=O) groups excluding carboxylic acids is 2. The first-order chi connectivity index (χ1) is 13.5. The van der Waals surface area contributed by atoms with Crippen LogP contribution in [-0.2, 0) is 14.3 Å². The zero-order chi connectivity index (χ0) is 21.5. The Morgan fingerprint density at radius 1 is 0.931 bits per heavy atom. The molecule has 0 heterocycles. The van der Waals surface area contributed by atoms with E-state index in [1.165, 1.54) is 6.42 Å². The van der Waals surface area contributed by atoms with Gasteiger partial charge in [0.15, 0.2) is 0 Å². The van der Waals surface area contributed by atoms with Gasteiger partial charge in [0.25, 0.3) is 0 Å². The summed E-state index contributed by atoms with van der Waals surface area (Å²) < 4.78 is 12.2. The number of hydrogen-bond donors (Lipinski definition) is 1. The average Bonchev–Trinajstić information content (AvgIpc) is 2.64. The molecule has 1 amide bonds. The smallest absolute Gasteiger partial charge is 0.408 e. The fourth-order valence-corrected chi connectivity index (χ4v) is 6.33. The van der Waals surface area contributed by atoms with Gasteiger partial charge in [-0.3, -0.25) is 4.79 Å². The van der Waals surface area contributed by atoms with Crippen LogP contribution >= 0.6 is 0 Å². The van der Waals surface area contributed by atoms with Crippen molar-refractivity contribution in [3.8, 4) is 0 Å². The number of nitrogens with one attached hydrogen (secondary N) is 1. The van der Waals surface area contributed by atoms with Gasteiger partial charge in [-0.25, -0.2) is 4.79 Å². The molecule has 5 heteroatoms. The first kappa shape index (κ1) is 22.4. The molecule has 4 saturated carbocycles. The maximum absolute atomic E-state index is 12.9. The zero-order valence-corrected chi connectivity index (χ0v) is 19.4. The SMILES string of the molecule is CCC(CC)(CC)OC(=O)NC12CC3CC(C1)CC(OC(=O)C(C)(C)CC)(C3)C2. The molecule has 4 rings (SSSR count). The summed E-state index contributed by atoms with van der Waals surface area (Å²) in [7, 11) is 0. The minimum absolute atomic E-state index is 0.0957. The van der Waals surface area contributed by atoms with Crippen molar-refractivity contribution in [2.24, 2.45) is 17.3 Å². The third-order valence-corrected chi connectivity index (χ3v) is 8.36. The van der Waals surface area contributed by atoms with E-state index in [1.807, 2.05) is 20.8 Å². The number of esters is 1. The Bertz CT molecular complexity index is 615. The minimum atomic E-state index is -0.466. The lowest BCUT2D eigenvalue weighted by atomic mass is 9.51. The summed E-state index contributed by atoms with van der Waals surface area (Å²) in [6.45, 7) is 12.2. The molecule has 0 radical (unpaired) electrons. The molecule has 4 aliphatic carbocycles. The van der Waals surface area contributed by atoms with Crippen molar-refractivity contribution in [1.82, 2.24) is 5.32 Å². The van der Waals surface area contributed by atoms with Crippen LogP contribution in [0.4, 0.5) is 4.79 Å². The van der Waals surface area contributed by atoms with E-state index in [9.17, 15) is 9.59 Å². The van der Waals surface area contributed by atoms with Gasteiger partial charge in [-0.15, -0.1) is 0 Å². The molecule has 0 aliphatic heterocycles. The van der Waals surface area contributed by atoms with Gasteiger partial charge in [-0.1, -0.05) is 27.7 Å². The molecule has 0 aromatic heterocycles. The summed E-state index contributed by atoms with van der Waals surface area (Å²) in [5.41, 5.74) is -1.56. The van der Waals surface area contributed by atoms with Crippen molar-refractivity contribution >= 4 is 12.1 Å². The number of amides is 1. The van der Waals surface area contributed by atoms with Crippen molar-refractivity contribution in [3.63, 3.8) is 0 Å². The van der Waals surface area contributed by atoms with Gasteiger partial charge in [-0.2, -0.15) is 0 Å². The van der Waals surface area contributed by atoms with Gasteiger partial charge in [0.05, 0.1) is 5.41 Å². The molecular formula is C24H41NO4. The topological polar surface area (TPSA) is 64.6 Å².